The van der Waals surface area contributed by atoms with Crippen molar-refractivity contribution < 1.29 is 24.4 Å². The van der Waals surface area contributed by atoms with Gasteiger partial charge in [-0.25, -0.2) is 0 Å². The van der Waals surface area contributed by atoms with Gasteiger partial charge in [0.1, 0.15) is 17.5 Å². The Morgan fingerprint density at radius 1 is 1.52 bits per heavy atom. The van der Waals surface area contributed by atoms with Gasteiger partial charge < -0.3 is 15.2 Å². The number of carboxylic acids is 1. The standard InChI is InChI=1S/C14H17N3O6/c1-23-9-4-5-10(12(7-9)17(21)22)15-13(18)8-16-6-2-3-11(16)14(19)20/h4-5,7,11H,2-3,6,8H2,1H3,(H,15,18)(H,19,20). The van der Waals surface area contributed by atoms with Crippen molar-refractivity contribution in [2.75, 3.05) is 25.5 Å². The predicted octanol–water partition coefficient (Wildman–Crippen LogP) is 1.09. The van der Waals surface area contributed by atoms with E-state index in [1.807, 2.05) is 0 Å². The number of rotatable bonds is 6. The summed E-state index contributed by atoms with van der Waals surface area (Å²) in [4.78, 5) is 35.2. The lowest BCUT2D eigenvalue weighted by Crippen LogP contribution is -2.40. The minimum Gasteiger partial charge on any atom is -0.496 e. The molecule has 2 rings (SSSR count). The number of benzene rings is 1. The summed E-state index contributed by atoms with van der Waals surface area (Å²) in [5.74, 6) is -1.16. The Bertz CT molecular complexity index is 633. The van der Waals surface area contributed by atoms with E-state index in [1.165, 1.54) is 25.3 Å². The summed E-state index contributed by atoms with van der Waals surface area (Å²) in [6.07, 6.45) is 1.19. The van der Waals surface area contributed by atoms with Crippen molar-refractivity contribution in [1.82, 2.24) is 4.90 Å². The van der Waals surface area contributed by atoms with Crippen LogP contribution in [0.3, 0.4) is 0 Å². The molecule has 0 radical (unpaired) electrons. The number of nitro benzene ring substituents is 1. The van der Waals surface area contributed by atoms with Crippen LogP contribution in [0.4, 0.5) is 11.4 Å². The highest BCUT2D eigenvalue weighted by Gasteiger charge is 2.31. The Hall–Kier alpha value is -2.68. The Kier molecular flexibility index (Phi) is 5.12. The third kappa shape index (κ3) is 3.95. The summed E-state index contributed by atoms with van der Waals surface area (Å²) in [5.41, 5.74) is -0.235. The van der Waals surface area contributed by atoms with E-state index in [-0.39, 0.29) is 17.9 Å². The Balaban J connectivity index is 2.08. The largest absolute Gasteiger partial charge is 0.496 e. The molecular weight excluding hydrogens is 306 g/mol. The van der Waals surface area contributed by atoms with Crippen molar-refractivity contribution >= 4 is 23.3 Å². The average Bonchev–Trinajstić information content (AvgIpc) is 2.95. The van der Waals surface area contributed by atoms with Gasteiger partial charge in [0.25, 0.3) is 5.69 Å². The van der Waals surface area contributed by atoms with Gasteiger partial charge in [-0.05, 0) is 31.5 Å². The number of nitrogens with one attached hydrogen (secondary N) is 1. The van der Waals surface area contributed by atoms with Crippen molar-refractivity contribution in [3.05, 3.63) is 28.3 Å². The summed E-state index contributed by atoms with van der Waals surface area (Å²) in [5, 5.41) is 22.6. The molecule has 124 valence electrons. The molecule has 9 heteroatoms. The van der Waals surface area contributed by atoms with Gasteiger partial charge in [-0.1, -0.05) is 0 Å². The molecule has 1 atom stereocenters. The number of carbonyl (C=O) groups excluding carboxylic acids is 1. The molecule has 1 aromatic carbocycles. The molecule has 0 spiro atoms. The number of ether oxygens (including phenoxy) is 1. The lowest BCUT2D eigenvalue weighted by Gasteiger charge is -2.20. The van der Waals surface area contributed by atoms with Crippen LogP contribution in [0, 0.1) is 10.1 Å². The van der Waals surface area contributed by atoms with Gasteiger partial charge >= 0.3 is 5.97 Å². The summed E-state index contributed by atoms with van der Waals surface area (Å²) in [6, 6.07) is 3.41. The number of hydrogen-bond donors (Lipinski definition) is 2. The lowest BCUT2D eigenvalue weighted by molar-refractivity contribution is -0.384. The Morgan fingerprint density at radius 3 is 2.87 bits per heavy atom. The fourth-order valence-corrected chi connectivity index (χ4v) is 2.56. The zero-order chi connectivity index (χ0) is 17.0. The molecular formula is C14H17N3O6. The molecule has 1 unspecified atom stereocenters. The first-order valence-electron chi connectivity index (χ1n) is 7.01. The topological polar surface area (TPSA) is 122 Å². The highest BCUT2D eigenvalue weighted by Crippen LogP contribution is 2.29. The maximum Gasteiger partial charge on any atom is 0.320 e. The van der Waals surface area contributed by atoms with Gasteiger partial charge in [-0.15, -0.1) is 0 Å². The molecule has 1 aliphatic heterocycles. The van der Waals surface area contributed by atoms with Crippen LogP contribution in [0.2, 0.25) is 0 Å². The second-order valence-corrected chi connectivity index (χ2v) is 5.16. The summed E-state index contributed by atoms with van der Waals surface area (Å²) in [7, 11) is 1.39. The van der Waals surface area contributed by atoms with Gasteiger partial charge in [0.2, 0.25) is 5.91 Å². The van der Waals surface area contributed by atoms with E-state index in [2.05, 4.69) is 5.32 Å². The molecule has 1 fully saturated rings. The first-order valence-corrected chi connectivity index (χ1v) is 7.01. The summed E-state index contributed by atoms with van der Waals surface area (Å²) >= 11 is 0. The van der Waals surface area contributed by atoms with E-state index in [0.29, 0.717) is 25.1 Å². The number of methoxy groups -OCH3 is 1. The fourth-order valence-electron chi connectivity index (χ4n) is 2.56. The summed E-state index contributed by atoms with van der Waals surface area (Å²) < 4.78 is 4.92. The number of carboxylic acid groups (broad SMARTS) is 1. The molecule has 2 N–H and O–H groups in total. The van der Waals surface area contributed by atoms with Crippen LogP contribution < -0.4 is 10.1 Å². The molecule has 9 nitrogen and oxygen atoms in total. The van der Waals surface area contributed by atoms with Crippen LogP contribution in [0.1, 0.15) is 12.8 Å². The van der Waals surface area contributed by atoms with Gasteiger partial charge in [0.05, 0.1) is 24.6 Å². The molecule has 1 saturated heterocycles. The maximum atomic E-state index is 12.1. The van der Waals surface area contributed by atoms with E-state index in [0.717, 1.165) is 0 Å². The lowest BCUT2D eigenvalue weighted by atomic mass is 10.2. The van der Waals surface area contributed by atoms with Gasteiger partial charge in [-0.2, -0.15) is 0 Å². The Morgan fingerprint density at radius 2 is 2.26 bits per heavy atom. The first-order chi connectivity index (χ1) is 10.9. The van der Waals surface area contributed by atoms with E-state index in [4.69, 9.17) is 9.84 Å². The second kappa shape index (κ2) is 7.05. The normalized spacial score (nSPS) is 17.7. The van der Waals surface area contributed by atoms with Gasteiger partial charge in [0, 0.05) is 0 Å². The smallest absolute Gasteiger partial charge is 0.320 e. The highest BCUT2D eigenvalue weighted by atomic mass is 16.6. The molecule has 0 bridgehead atoms. The van der Waals surface area contributed by atoms with Crippen LogP contribution in [0.25, 0.3) is 0 Å². The second-order valence-electron chi connectivity index (χ2n) is 5.16. The highest BCUT2D eigenvalue weighted by molar-refractivity contribution is 5.95. The van der Waals surface area contributed by atoms with Crippen LogP contribution >= 0.6 is 0 Å². The predicted molar refractivity (Wildman–Crippen MR) is 80.5 cm³/mol. The quantitative estimate of drug-likeness (QED) is 0.593. The molecule has 1 aromatic rings. The number of nitro groups is 1. The van der Waals surface area contributed by atoms with Crippen LogP contribution in [-0.2, 0) is 9.59 Å². The minimum atomic E-state index is -0.967. The number of carbonyl (C=O) groups is 2. The zero-order valence-electron chi connectivity index (χ0n) is 12.5. The maximum absolute atomic E-state index is 12.1. The van der Waals surface area contributed by atoms with E-state index in [9.17, 15) is 19.7 Å². The van der Waals surface area contributed by atoms with Gasteiger partial charge in [0.15, 0.2) is 0 Å². The molecule has 1 aliphatic rings. The van der Waals surface area contributed by atoms with E-state index < -0.39 is 22.8 Å². The third-order valence-corrected chi connectivity index (χ3v) is 3.67. The monoisotopic (exact) mass is 323 g/mol. The number of hydrogen-bond acceptors (Lipinski definition) is 6. The van der Waals surface area contributed by atoms with Crippen molar-refractivity contribution in [2.24, 2.45) is 0 Å². The average molecular weight is 323 g/mol. The molecule has 0 aromatic heterocycles. The fraction of sp³-hybridized carbons (Fsp3) is 0.429. The first kappa shape index (κ1) is 16.7. The number of likely N-dealkylation sites (tertiary alicyclic amines) is 1. The van der Waals surface area contributed by atoms with Crippen LogP contribution in [0.15, 0.2) is 18.2 Å². The molecule has 0 aliphatic carbocycles. The zero-order valence-corrected chi connectivity index (χ0v) is 12.5. The number of amides is 1. The minimum absolute atomic E-state index is 0.0480. The number of nitrogens with zero attached hydrogens (tertiary/aromatic N) is 2. The summed E-state index contributed by atoms with van der Waals surface area (Å²) in [6.45, 7) is 0.384. The molecule has 0 saturated carbocycles. The van der Waals surface area contributed by atoms with Crippen molar-refractivity contribution in [1.29, 1.82) is 0 Å². The van der Waals surface area contributed by atoms with Gasteiger partial charge in [-0.3, -0.25) is 24.6 Å². The SMILES string of the molecule is COc1ccc(NC(=O)CN2CCCC2C(=O)O)c([N+](=O)[O-])c1. The van der Waals surface area contributed by atoms with Crippen LogP contribution in [0.5, 0.6) is 5.75 Å². The molecule has 1 amide bonds. The van der Waals surface area contributed by atoms with Crippen molar-refractivity contribution in [3.8, 4) is 5.75 Å². The third-order valence-electron chi connectivity index (χ3n) is 3.67. The Labute approximate surface area is 132 Å². The number of anilines is 1. The van der Waals surface area contributed by atoms with E-state index in [1.54, 1.807) is 4.90 Å². The molecule has 23 heavy (non-hydrogen) atoms. The van der Waals surface area contributed by atoms with Crippen LogP contribution in [-0.4, -0.2) is 53.0 Å². The van der Waals surface area contributed by atoms with E-state index >= 15 is 0 Å². The molecule has 1 heterocycles. The number of aliphatic carboxylic acids is 1. The van der Waals surface area contributed by atoms with Crippen molar-refractivity contribution in [2.45, 2.75) is 18.9 Å². The van der Waals surface area contributed by atoms with Crippen molar-refractivity contribution in [3.63, 3.8) is 0 Å².